The van der Waals surface area contributed by atoms with Crippen molar-refractivity contribution in [3.63, 3.8) is 0 Å². The molecule has 5 heteroatoms. The van der Waals surface area contributed by atoms with Gasteiger partial charge in [-0.3, -0.25) is 10.1 Å². The van der Waals surface area contributed by atoms with Crippen molar-refractivity contribution >= 4 is 17.1 Å². The molecular weight excluding hydrogens is 218 g/mol. The Morgan fingerprint density at radius 1 is 1.47 bits per heavy atom. The van der Waals surface area contributed by atoms with Crippen LogP contribution in [-0.2, 0) is 0 Å². The zero-order chi connectivity index (χ0) is 13.0. The van der Waals surface area contributed by atoms with Gasteiger partial charge in [-0.15, -0.1) is 0 Å². The monoisotopic (exact) mass is 237 g/mol. The van der Waals surface area contributed by atoms with E-state index in [1.807, 2.05) is 25.7 Å². The first-order valence-electron chi connectivity index (χ1n) is 5.78. The van der Waals surface area contributed by atoms with Crippen LogP contribution in [0.3, 0.4) is 0 Å². The lowest BCUT2D eigenvalue weighted by Gasteiger charge is -2.28. The molecular formula is C12H19N3O2. The predicted octanol–water partition coefficient (Wildman–Crippen LogP) is 2.80. The number of hydrogen-bond donors (Lipinski definition) is 1. The number of nitrogen functional groups attached to an aromatic ring is 1. The molecule has 0 spiro atoms. The van der Waals surface area contributed by atoms with Crippen molar-refractivity contribution in [2.75, 3.05) is 17.2 Å². The number of hydrogen-bond acceptors (Lipinski definition) is 4. The molecule has 1 rings (SSSR count). The van der Waals surface area contributed by atoms with E-state index in [1.54, 1.807) is 18.2 Å². The van der Waals surface area contributed by atoms with E-state index in [1.165, 1.54) is 0 Å². The molecule has 0 aliphatic carbocycles. The van der Waals surface area contributed by atoms with E-state index in [0.717, 1.165) is 13.0 Å². The molecule has 0 amide bonds. The fourth-order valence-corrected chi connectivity index (χ4v) is 1.88. The number of anilines is 2. The van der Waals surface area contributed by atoms with Crippen LogP contribution in [0.25, 0.3) is 0 Å². The van der Waals surface area contributed by atoms with E-state index in [0.29, 0.717) is 5.69 Å². The highest BCUT2D eigenvalue weighted by Gasteiger charge is 2.23. The van der Waals surface area contributed by atoms with Gasteiger partial charge in [-0.2, -0.15) is 0 Å². The Labute approximate surface area is 101 Å². The summed E-state index contributed by atoms with van der Waals surface area (Å²) in [6.07, 6.45) is 0.935. The molecule has 0 radical (unpaired) electrons. The fourth-order valence-electron chi connectivity index (χ4n) is 1.88. The smallest absolute Gasteiger partial charge is 0.315 e. The van der Waals surface area contributed by atoms with Crippen LogP contribution in [0.1, 0.15) is 27.2 Å². The second-order valence-electron chi connectivity index (χ2n) is 4.26. The van der Waals surface area contributed by atoms with Crippen molar-refractivity contribution < 1.29 is 4.92 Å². The van der Waals surface area contributed by atoms with Crippen LogP contribution in [0, 0.1) is 10.1 Å². The van der Waals surface area contributed by atoms with Crippen LogP contribution in [0.4, 0.5) is 17.1 Å². The quantitative estimate of drug-likeness (QED) is 0.485. The van der Waals surface area contributed by atoms with Gasteiger partial charge in [-0.1, -0.05) is 13.0 Å². The number of nitrogens with two attached hydrogens (primary N) is 1. The van der Waals surface area contributed by atoms with E-state index in [2.05, 4.69) is 0 Å². The molecule has 17 heavy (non-hydrogen) atoms. The topological polar surface area (TPSA) is 72.4 Å². The van der Waals surface area contributed by atoms with Gasteiger partial charge in [0.05, 0.1) is 4.92 Å². The van der Waals surface area contributed by atoms with Gasteiger partial charge in [0.2, 0.25) is 0 Å². The SMILES string of the molecule is CCCN(c1cccc(N)c1[N+](=O)[O-])C(C)C. The molecule has 5 nitrogen and oxygen atoms in total. The number of nitro benzene ring substituents is 1. The zero-order valence-electron chi connectivity index (χ0n) is 10.5. The second-order valence-corrected chi connectivity index (χ2v) is 4.26. The minimum absolute atomic E-state index is 0.00894. The lowest BCUT2D eigenvalue weighted by atomic mass is 10.1. The van der Waals surface area contributed by atoms with Gasteiger partial charge in [-0.05, 0) is 32.4 Å². The first-order valence-corrected chi connectivity index (χ1v) is 5.78. The van der Waals surface area contributed by atoms with Gasteiger partial charge in [-0.25, -0.2) is 0 Å². The highest BCUT2D eigenvalue weighted by molar-refractivity contribution is 5.75. The minimum atomic E-state index is -0.407. The third kappa shape index (κ3) is 2.87. The third-order valence-electron chi connectivity index (χ3n) is 2.63. The van der Waals surface area contributed by atoms with Crippen LogP contribution < -0.4 is 10.6 Å². The predicted molar refractivity (Wildman–Crippen MR) is 70.3 cm³/mol. The van der Waals surface area contributed by atoms with Crippen LogP contribution in [0.15, 0.2) is 18.2 Å². The first-order chi connectivity index (χ1) is 7.99. The highest BCUT2D eigenvalue weighted by atomic mass is 16.6. The lowest BCUT2D eigenvalue weighted by molar-refractivity contribution is -0.383. The highest BCUT2D eigenvalue weighted by Crippen LogP contribution is 2.34. The molecule has 94 valence electrons. The summed E-state index contributed by atoms with van der Waals surface area (Å²) >= 11 is 0. The maximum Gasteiger partial charge on any atom is 0.315 e. The molecule has 0 unspecified atom stereocenters. The summed E-state index contributed by atoms with van der Waals surface area (Å²) in [6, 6.07) is 5.27. The average Bonchev–Trinajstić information content (AvgIpc) is 2.24. The zero-order valence-corrected chi connectivity index (χ0v) is 10.5. The van der Waals surface area contributed by atoms with Crippen LogP contribution >= 0.6 is 0 Å². The Balaban J connectivity index is 3.27. The van der Waals surface area contributed by atoms with Crippen molar-refractivity contribution in [2.24, 2.45) is 0 Å². The molecule has 0 atom stereocenters. The summed E-state index contributed by atoms with van der Waals surface area (Å²) < 4.78 is 0. The number of benzene rings is 1. The maximum absolute atomic E-state index is 11.1. The average molecular weight is 237 g/mol. The minimum Gasteiger partial charge on any atom is -0.393 e. The number of para-hydroxylation sites is 1. The molecule has 0 saturated carbocycles. The van der Waals surface area contributed by atoms with E-state index in [9.17, 15) is 10.1 Å². The molecule has 0 aliphatic heterocycles. The van der Waals surface area contributed by atoms with E-state index < -0.39 is 4.92 Å². The Morgan fingerprint density at radius 2 is 2.12 bits per heavy atom. The first kappa shape index (κ1) is 13.3. The maximum atomic E-state index is 11.1. The molecule has 0 saturated heterocycles. The largest absolute Gasteiger partial charge is 0.393 e. The van der Waals surface area contributed by atoms with Gasteiger partial charge in [0.25, 0.3) is 0 Å². The summed E-state index contributed by atoms with van der Waals surface area (Å²) in [7, 11) is 0. The van der Waals surface area contributed by atoms with Crippen molar-refractivity contribution in [1.82, 2.24) is 0 Å². The molecule has 0 aliphatic rings. The van der Waals surface area contributed by atoms with Crippen molar-refractivity contribution in [1.29, 1.82) is 0 Å². The molecule has 1 aromatic carbocycles. The second kappa shape index (κ2) is 5.52. The summed E-state index contributed by atoms with van der Waals surface area (Å²) in [5.41, 5.74) is 6.52. The fraction of sp³-hybridized carbons (Fsp3) is 0.500. The molecule has 0 heterocycles. The Bertz CT molecular complexity index is 405. The summed E-state index contributed by atoms with van der Waals surface area (Å²) in [6.45, 7) is 6.86. The van der Waals surface area contributed by atoms with E-state index in [-0.39, 0.29) is 17.4 Å². The number of rotatable bonds is 5. The number of nitro groups is 1. The molecule has 2 N–H and O–H groups in total. The van der Waals surface area contributed by atoms with E-state index >= 15 is 0 Å². The van der Waals surface area contributed by atoms with Crippen LogP contribution in [-0.4, -0.2) is 17.5 Å². The molecule has 0 fully saturated rings. The van der Waals surface area contributed by atoms with Crippen molar-refractivity contribution in [2.45, 2.75) is 33.2 Å². The van der Waals surface area contributed by atoms with E-state index in [4.69, 9.17) is 5.73 Å². The molecule has 0 bridgehead atoms. The Kier molecular flexibility index (Phi) is 4.31. The standard InChI is InChI=1S/C12H19N3O2/c1-4-8-14(9(2)3)11-7-5-6-10(13)12(11)15(16)17/h5-7,9H,4,8,13H2,1-3H3. The third-order valence-corrected chi connectivity index (χ3v) is 2.63. The Morgan fingerprint density at radius 3 is 2.59 bits per heavy atom. The lowest BCUT2D eigenvalue weighted by Crippen LogP contribution is -2.32. The van der Waals surface area contributed by atoms with Gasteiger partial charge >= 0.3 is 5.69 Å². The van der Waals surface area contributed by atoms with Crippen molar-refractivity contribution in [3.05, 3.63) is 28.3 Å². The van der Waals surface area contributed by atoms with Gasteiger partial charge < -0.3 is 10.6 Å². The van der Waals surface area contributed by atoms with Crippen LogP contribution in [0.5, 0.6) is 0 Å². The summed E-state index contributed by atoms with van der Waals surface area (Å²) in [4.78, 5) is 12.7. The van der Waals surface area contributed by atoms with Crippen LogP contribution in [0.2, 0.25) is 0 Å². The summed E-state index contributed by atoms with van der Waals surface area (Å²) in [5, 5.41) is 11.1. The van der Waals surface area contributed by atoms with Gasteiger partial charge in [0, 0.05) is 12.6 Å². The van der Waals surface area contributed by atoms with Gasteiger partial charge in [0.15, 0.2) is 0 Å². The van der Waals surface area contributed by atoms with Gasteiger partial charge in [0.1, 0.15) is 11.4 Å². The molecule has 1 aromatic rings. The molecule has 0 aromatic heterocycles. The number of nitrogens with zero attached hydrogens (tertiary/aromatic N) is 2. The Hall–Kier alpha value is -1.78. The normalized spacial score (nSPS) is 10.6. The summed E-state index contributed by atoms with van der Waals surface area (Å²) in [5.74, 6) is 0. The van der Waals surface area contributed by atoms with Crippen molar-refractivity contribution in [3.8, 4) is 0 Å².